The molecule has 3 rings (SSSR count). The molecule has 1 saturated carbocycles. The molecule has 44 heavy (non-hydrogen) atoms. The number of Topliss-reactive ketones (excluding diaryl/α,β-unsaturated/α-hetero) is 1. The van der Waals surface area contributed by atoms with Gasteiger partial charge in [-0.25, -0.2) is 0 Å². The SMILES string of the molecule is COc1cc(OC)cc(C(C)(C)[C@@H]2CC[C@@H](C)C[C@@H]2OC(=O)CC(=O)CC/C(C)=C/CCc2cccc(C(C)C)c2OC)c1. The predicted octanol–water partition coefficient (Wildman–Crippen LogP) is 8.78. The van der Waals surface area contributed by atoms with Crippen molar-refractivity contribution in [2.45, 2.75) is 110 Å². The first-order valence-corrected chi connectivity index (χ1v) is 16.2. The lowest BCUT2D eigenvalue weighted by Gasteiger charge is -2.44. The fourth-order valence-corrected chi connectivity index (χ4v) is 6.56. The Balaban J connectivity index is 1.56. The van der Waals surface area contributed by atoms with Gasteiger partial charge in [0.15, 0.2) is 0 Å². The van der Waals surface area contributed by atoms with Crippen molar-refractivity contribution in [3.8, 4) is 17.2 Å². The minimum Gasteiger partial charge on any atom is -0.497 e. The van der Waals surface area contributed by atoms with Crippen molar-refractivity contribution in [1.82, 2.24) is 0 Å². The topological polar surface area (TPSA) is 71.1 Å². The Morgan fingerprint density at radius 3 is 2.27 bits per heavy atom. The smallest absolute Gasteiger partial charge is 0.313 e. The summed E-state index contributed by atoms with van der Waals surface area (Å²) in [7, 11) is 5.03. The number of benzene rings is 2. The molecular weight excluding hydrogens is 552 g/mol. The van der Waals surface area contributed by atoms with Gasteiger partial charge in [-0.15, -0.1) is 0 Å². The number of carbonyl (C=O) groups is 2. The van der Waals surface area contributed by atoms with Crippen LogP contribution in [0.15, 0.2) is 48.0 Å². The summed E-state index contributed by atoms with van der Waals surface area (Å²) in [6.45, 7) is 13.0. The first kappa shape index (κ1) is 35.2. The minimum absolute atomic E-state index is 0.0775. The van der Waals surface area contributed by atoms with Crippen LogP contribution in [0, 0.1) is 11.8 Å². The van der Waals surface area contributed by atoms with Gasteiger partial charge in [0.2, 0.25) is 0 Å². The van der Waals surface area contributed by atoms with E-state index in [-0.39, 0.29) is 29.6 Å². The maximum Gasteiger partial charge on any atom is 0.313 e. The summed E-state index contributed by atoms with van der Waals surface area (Å²) < 4.78 is 22.9. The van der Waals surface area contributed by atoms with E-state index < -0.39 is 5.97 Å². The zero-order valence-electron chi connectivity index (χ0n) is 28.5. The number of carbonyl (C=O) groups excluding carboxylic acids is 2. The molecule has 0 aromatic heterocycles. The van der Waals surface area contributed by atoms with E-state index in [2.05, 4.69) is 65.8 Å². The molecule has 0 amide bonds. The number of para-hydroxylation sites is 1. The van der Waals surface area contributed by atoms with Crippen LogP contribution >= 0.6 is 0 Å². The second-order valence-corrected chi connectivity index (χ2v) is 13.4. The van der Waals surface area contributed by atoms with E-state index >= 15 is 0 Å². The molecule has 6 heteroatoms. The fourth-order valence-electron chi connectivity index (χ4n) is 6.56. The number of ketones is 1. The third-order valence-corrected chi connectivity index (χ3v) is 9.36. The maximum atomic E-state index is 13.0. The summed E-state index contributed by atoms with van der Waals surface area (Å²) in [5.41, 5.74) is 4.37. The molecule has 0 unspecified atom stereocenters. The van der Waals surface area contributed by atoms with E-state index in [1.807, 2.05) is 18.2 Å². The Bertz CT molecular complexity index is 1270. The summed E-state index contributed by atoms with van der Waals surface area (Å²) in [6.07, 6.45) is 7.29. The van der Waals surface area contributed by atoms with Gasteiger partial charge >= 0.3 is 5.97 Å². The van der Waals surface area contributed by atoms with Crippen LogP contribution in [0.4, 0.5) is 0 Å². The summed E-state index contributed by atoms with van der Waals surface area (Å²) in [5.74, 6) is 2.92. The number of hydrogen-bond acceptors (Lipinski definition) is 6. The Labute approximate surface area is 265 Å². The number of ether oxygens (including phenoxy) is 4. The van der Waals surface area contributed by atoms with Crippen molar-refractivity contribution in [2.24, 2.45) is 11.8 Å². The van der Waals surface area contributed by atoms with E-state index in [9.17, 15) is 9.59 Å². The van der Waals surface area contributed by atoms with Crippen molar-refractivity contribution in [1.29, 1.82) is 0 Å². The van der Waals surface area contributed by atoms with E-state index in [1.165, 1.54) is 11.1 Å². The van der Waals surface area contributed by atoms with Gasteiger partial charge in [-0.2, -0.15) is 0 Å². The van der Waals surface area contributed by atoms with E-state index in [0.717, 1.165) is 60.5 Å². The highest BCUT2D eigenvalue weighted by atomic mass is 16.5. The van der Waals surface area contributed by atoms with E-state index in [1.54, 1.807) is 21.3 Å². The average Bonchev–Trinajstić information content (AvgIpc) is 2.99. The monoisotopic (exact) mass is 606 g/mol. The lowest BCUT2D eigenvalue weighted by Crippen LogP contribution is -2.43. The van der Waals surface area contributed by atoms with Gasteiger partial charge in [0.1, 0.15) is 35.6 Å². The molecule has 2 aromatic carbocycles. The molecule has 242 valence electrons. The second kappa shape index (κ2) is 16.2. The molecule has 0 bridgehead atoms. The average molecular weight is 607 g/mol. The van der Waals surface area contributed by atoms with Gasteiger partial charge in [-0.1, -0.05) is 70.9 Å². The summed E-state index contributed by atoms with van der Waals surface area (Å²) in [4.78, 5) is 25.9. The molecule has 0 saturated heterocycles. The van der Waals surface area contributed by atoms with Gasteiger partial charge in [0.05, 0.1) is 21.3 Å². The number of esters is 1. The molecule has 3 atom stereocenters. The number of aryl methyl sites for hydroxylation is 1. The third kappa shape index (κ3) is 9.36. The van der Waals surface area contributed by atoms with Crippen molar-refractivity contribution >= 4 is 11.8 Å². The number of methoxy groups -OCH3 is 3. The third-order valence-electron chi connectivity index (χ3n) is 9.36. The van der Waals surface area contributed by atoms with Crippen LogP contribution in [0.25, 0.3) is 0 Å². The minimum atomic E-state index is -0.420. The Morgan fingerprint density at radius 1 is 0.977 bits per heavy atom. The van der Waals surface area contributed by atoms with Gasteiger partial charge in [-0.05, 0) is 85.1 Å². The first-order chi connectivity index (χ1) is 20.9. The highest BCUT2D eigenvalue weighted by molar-refractivity contribution is 5.95. The molecule has 1 aliphatic carbocycles. The van der Waals surface area contributed by atoms with Crippen molar-refractivity contribution in [3.05, 3.63) is 64.7 Å². The number of allylic oxidation sites excluding steroid dienone is 2. The molecule has 1 aliphatic rings. The van der Waals surface area contributed by atoms with Gasteiger partial charge in [0.25, 0.3) is 0 Å². The van der Waals surface area contributed by atoms with E-state index in [0.29, 0.717) is 24.7 Å². The van der Waals surface area contributed by atoms with Crippen LogP contribution in [-0.4, -0.2) is 39.2 Å². The van der Waals surface area contributed by atoms with Gasteiger partial charge < -0.3 is 18.9 Å². The maximum absolute atomic E-state index is 13.0. The fraction of sp³-hybridized carbons (Fsp3) is 0.579. The standard InChI is InChI=1S/C38H54O6/c1-25(2)33-15-11-14-28(37(33)43-9)13-10-12-26(3)16-18-30(39)23-36(40)44-35-20-27(4)17-19-34(35)38(5,6)29-21-31(41-7)24-32(22-29)42-8/h11-12,14-15,21-22,24-25,27,34-35H,10,13,16-20,23H2,1-9H3/b26-12+/t27-,34-,35+/m1/s1. The van der Waals surface area contributed by atoms with Crippen molar-refractivity contribution in [3.63, 3.8) is 0 Å². The molecule has 0 radical (unpaired) electrons. The number of hydrogen-bond donors (Lipinski definition) is 0. The van der Waals surface area contributed by atoms with Crippen LogP contribution in [0.3, 0.4) is 0 Å². The molecule has 0 aliphatic heterocycles. The lowest BCUT2D eigenvalue weighted by atomic mass is 9.64. The number of rotatable bonds is 15. The highest BCUT2D eigenvalue weighted by Crippen LogP contribution is 2.45. The quantitative estimate of drug-likeness (QED) is 0.115. The van der Waals surface area contributed by atoms with Crippen molar-refractivity contribution in [2.75, 3.05) is 21.3 Å². The predicted molar refractivity (Wildman–Crippen MR) is 177 cm³/mol. The molecule has 0 N–H and O–H groups in total. The zero-order valence-corrected chi connectivity index (χ0v) is 28.5. The Kier molecular flexibility index (Phi) is 12.9. The summed E-state index contributed by atoms with van der Waals surface area (Å²) in [6, 6.07) is 12.3. The van der Waals surface area contributed by atoms with Crippen LogP contribution in [0.5, 0.6) is 17.2 Å². The largest absolute Gasteiger partial charge is 0.497 e. The normalized spacial score (nSPS) is 19.0. The van der Waals surface area contributed by atoms with Gasteiger partial charge in [0, 0.05) is 18.4 Å². The molecule has 0 heterocycles. The lowest BCUT2D eigenvalue weighted by molar-refractivity contribution is -0.157. The molecule has 6 nitrogen and oxygen atoms in total. The molecule has 0 spiro atoms. The highest BCUT2D eigenvalue weighted by Gasteiger charge is 2.42. The van der Waals surface area contributed by atoms with Crippen LogP contribution in [0.2, 0.25) is 0 Å². The van der Waals surface area contributed by atoms with Crippen LogP contribution < -0.4 is 14.2 Å². The Hall–Kier alpha value is -3.28. The second-order valence-electron chi connectivity index (χ2n) is 13.4. The van der Waals surface area contributed by atoms with E-state index in [4.69, 9.17) is 18.9 Å². The van der Waals surface area contributed by atoms with Gasteiger partial charge in [-0.3, -0.25) is 9.59 Å². The van der Waals surface area contributed by atoms with Crippen LogP contribution in [-0.2, 0) is 26.2 Å². The first-order valence-electron chi connectivity index (χ1n) is 16.2. The molecular formula is C38H54O6. The summed E-state index contributed by atoms with van der Waals surface area (Å²) >= 11 is 0. The Morgan fingerprint density at radius 2 is 1.66 bits per heavy atom. The molecule has 1 fully saturated rings. The zero-order chi connectivity index (χ0) is 32.4. The van der Waals surface area contributed by atoms with Crippen molar-refractivity contribution < 1.29 is 28.5 Å². The summed E-state index contributed by atoms with van der Waals surface area (Å²) in [5, 5.41) is 0. The van der Waals surface area contributed by atoms with Crippen LogP contribution in [0.1, 0.15) is 109 Å². The molecule has 2 aromatic rings.